The Hall–Kier alpha value is -1.97. The summed E-state index contributed by atoms with van der Waals surface area (Å²) in [6, 6.07) is 8.08. The van der Waals surface area contributed by atoms with Gasteiger partial charge in [0.1, 0.15) is 11.6 Å². The predicted molar refractivity (Wildman–Crippen MR) is 67.0 cm³/mol. The van der Waals surface area contributed by atoms with Crippen molar-refractivity contribution in [3.63, 3.8) is 0 Å². The van der Waals surface area contributed by atoms with E-state index in [1.54, 1.807) is 0 Å². The van der Waals surface area contributed by atoms with Gasteiger partial charge in [0.15, 0.2) is 5.65 Å². The summed E-state index contributed by atoms with van der Waals surface area (Å²) in [6.45, 7) is 4.20. The Morgan fingerprint density at radius 1 is 1.00 bits per heavy atom. The van der Waals surface area contributed by atoms with E-state index in [0.717, 1.165) is 41.0 Å². The van der Waals surface area contributed by atoms with Crippen molar-refractivity contribution < 1.29 is 0 Å². The predicted octanol–water partition coefficient (Wildman–Crippen LogP) is 2.40. The number of benzene rings is 1. The van der Waals surface area contributed by atoms with E-state index in [1.165, 1.54) is 0 Å². The monoisotopic (exact) mass is 226 g/mol. The van der Waals surface area contributed by atoms with Crippen molar-refractivity contribution in [2.75, 3.05) is 0 Å². The third kappa shape index (κ3) is 1.40. The first-order valence-electron chi connectivity index (χ1n) is 5.96. The van der Waals surface area contributed by atoms with Crippen LogP contribution < -0.4 is 0 Å². The standard InChI is InChI=1S/C13H14N4/c1-3-11-14-10-8-6-5-7-9(10)13-16-15-12(4-2)17(11)13/h5-8H,3-4H2,1-2H3. The van der Waals surface area contributed by atoms with Gasteiger partial charge in [0.2, 0.25) is 0 Å². The maximum Gasteiger partial charge on any atom is 0.171 e. The minimum absolute atomic E-state index is 0.869. The Balaban J connectivity index is 2.52. The lowest BCUT2D eigenvalue weighted by Crippen LogP contribution is -2.03. The molecule has 0 bridgehead atoms. The van der Waals surface area contributed by atoms with Crippen LogP contribution >= 0.6 is 0 Å². The second-order valence-corrected chi connectivity index (χ2v) is 4.03. The lowest BCUT2D eigenvalue weighted by atomic mass is 10.2. The van der Waals surface area contributed by atoms with E-state index in [9.17, 15) is 0 Å². The first kappa shape index (κ1) is 10.2. The lowest BCUT2D eigenvalue weighted by molar-refractivity contribution is 0.836. The van der Waals surface area contributed by atoms with E-state index in [-0.39, 0.29) is 0 Å². The number of hydrogen-bond acceptors (Lipinski definition) is 3. The summed E-state index contributed by atoms with van der Waals surface area (Å²) in [6.07, 6.45) is 1.75. The van der Waals surface area contributed by atoms with Crippen molar-refractivity contribution in [1.82, 2.24) is 19.6 Å². The number of para-hydroxylation sites is 1. The molecular formula is C13H14N4. The fourth-order valence-corrected chi connectivity index (χ4v) is 2.18. The van der Waals surface area contributed by atoms with Gasteiger partial charge >= 0.3 is 0 Å². The Morgan fingerprint density at radius 3 is 2.53 bits per heavy atom. The fourth-order valence-electron chi connectivity index (χ4n) is 2.18. The summed E-state index contributed by atoms with van der Waals surface area (Å²) >= 11 is 0. The zero-order chi connectivity index (χ0) is 11.8. The second kappa shape index (κ2) is 3.80. The van der Waals surface area contributed by atoms with Gasteiger partial charge in [-0.1, -0.05) is 26.0 Å². The highest BCUT2D eigenvalue weighted by Crippen LogP contribution is 2.19. The molecule has 0 aliphatic rings. The molecule has 0 aliphatic carbocycles. The van der Waals surface area contributed by atoms with Gasteiger partial charge in [-0.3, -0.25) is 4.40 Å². The minimum atomic E-state index is 0.869. The molecule has 2 heterocycles. The first-order valence-corrected chi connectivity index (χ1v) is 5.96. The molecule has 0 radical (unpaired) electrons. The van der Waals surface area contributed by atoms with Crippen LogP contribution in [-0.4, -0.2) is 19.6 Å². The summed E-state index contributed by atoms with van der Waals surface area (Å²) in [5, 5.41) is 9.61. The smallest absolute Gasteiger partial charge is 0.171 e. The molecule has 2 aromatic heterocycles. The molecule has 0 atom stereocenters. The Labute approximate surface area is 99.3 Å². The molecule has 1 aromatic carbocycles. The van der Waals surface area contributed by atoms with Crippen molar-refractivity contribution in [3.05, 3.63) is 35.9 Å². The normalized spacial score (nSPS) is 11.4. The number of aryl methyl sites for hydroxylation is 2. The highest BCUT2D eigenvalue weighted by Gasteiger charge is 2.12. The van der Waals surface area contributed by atoms with Gasteiger partial charge in [-0.05, 0) is 12.1 Å². The topological polar surface area (TPSA) is 43.1 Å². The summed E-state index contributed by atoms with van der Waals surface area (Å²) in [5.41, 5.74) is 1.91. The average Bonchev–Trinajstić information content (AvgIpc) is 2.82. The zero-order valence-electron chi connectivity index (χ0n) is 10.0. The van der Waals surface area contributed by atoms with Crippen molar-refractivity contribution >= 4 is 16.6 Å². The van der Waals surface area contributed by atoms with Crippen LogP contribution in [0.15, 0.2) is 24.3 Å². The molecule has 0 aliphatic heterocycles. The van der Waals surface area contributed by atoms with Crippen molar-refractivity contribution in [3.8, 4) is 0 Å². The van der Waals surface area contributed by atoms with E-state index in [2.05, 4.69) is 33.4 Å². The van der Waals surface area contributed by atoms with E-state index < -0.39 is 0 Å². The molecular weight excluding hydrogens is 212 g/mol. The molecule has 17 heavy (non-hydrogen) atoms. The molecule has 0 saturated carbocycles. The van der Waals surface area contributed by atoms with E-state index in [1.807, 2.05) is 24.3 Å². The molecule has 0 saturated heterocycles. The number of hydrogen-bond donors (Lipinski definition) is 0. The van der Waals surface area contributed by atoms with Crippen LogP contribution in [0.5, 0.6) is 0 Å². The number of fused-ring (bicyclic) bond motifs is 3. The Morgan fingerprint density at radius 2 is 1.76 bits per heavy atom. The summed E-state index contributed by atoms with van der Waals surface area (Å²) in [5.74, 6) is 2.01. The lowest BCUT2D eigenvalue weighted by Gasteiger charge is -2.06. The van der Waals surface area contributed by atoms with Gasteiger partial charge < -0.3 is 0 Å². The molecule has 0 fully saturated rings. The highest BCUT2D eigenvalue weighted by atomic mass is 15.3. The van der Waals surface area contributed by atoms with Crippen molar-refractivity contribution in [2.45, 2.75) is 26.7 Å². The van der Waals surface area contributed by atoms with Gasteiger partial charge in [0.25, 0.3) is 0 Å². The molecule has 4 heteroatoms. The largest absolute Gasteiger partial charge is 0.266 e. The quantitative estimate of drug-likeness (QED) is 0.674. The maximum absolute atomic E-state index is 4.69. The third-order valence-corrected chi connectivity index (χ3v) is 3.02. The van der Waals surface area contributed by atoms with Gasteiger partial charge in [-0.2, -0.15) is 0 Å². The molecule has 0 spiro atoms. The SMILES string of the molecule is CCc1nnc2c3ccccc3nc(CC)n12. The Kier molecular flexibility index (Phi) is 2.28. The van der Waals surface area contributed by atoms with E-state index in [4.69, 9.17) is 0 Å². The first-order chi connectivity index (χ1) is 8.35. The zero-order valence-corrected chi connectivity index (χ0v) is 10.0. The van der Waals surface area contributed by atoms with Crippen molar-refractivity contribution in [1.29, 1.82) is 0 Å². The molecule has 3 aromatic rings. The van der Waals surface area contributed by atoms with Gasteiger partial charge in [-0.15, -0.1) is 10.2 Å². The molecule has 3 rings (SSSR count). The van der Waals surface area contributed by atoms with Crippen LogP contribution in [0.1, 0.15) is 25.5 Å². The third-order valence-electron chi connectivity index (χ3n) is 3.02. The summed E-state index contributed by atoms with van der Waals surface area (Å²) in [4.78, 5) is 4.69. The summed E-state index contributed by atoms with van der Waals surface area (Å²) in [7, 11) is 0. The molecule has 0 amide bonds. The van der Waals surface area contributed by atoms with Gasteiger partial charge in [-0.25, -0.2) is 4.98 Å². The fraction of sp³-hybridized carbons (Fsp3) is 0.308. The van der Waals surface area contributed by atoms with Crippen LogP contribution in [0.4, 0.5) is 0 Å². The van der Waals surface area contributed by atoms with Crippen molar-refractivity contribution in [2.24, 2.45) is 0 Å². The minimum Gasteiger partial charge on any atom is -0.266 e. The molecule has 4 nitrogen and oxygen atoms in total. The molecule has 0 unspecified atom stereocenters. The van der Waals surface area contributed by atoms with Gasteiger partial charge in [0, 0.05) is 18.2 Å². The van der Waals surface area contributed by atoms with Crippen LogP contribution in [0, 0.1) is 0 Å². The second-order valence-electron chi connectivity index (χ2n) is 4.03. The van der Waals surface area contributed by atoms with Crippen LogP contribution in [-0.2, 0) is 12.8 Å². The molecule has 86 valence electrons. The molecule has 0 N–H and O–H groups in total. The van der Waals surface area contributed by atoms with E-state index in [0.29, 0.717) is 0 Å². The highest BCUT2D eigenvalue weighted by molar-refractivity contribution is 5.91. The van der Waals surface area contributed by atoms with Crippen LogP contribution in [0.3, 0.4) is 0 Å². The maximum atomic E-state index is 4.69. The van der Waals surface area contributed by atoms with Crippen LogP contribution in [0.2, 0.25) is 0 Å². The van der Waals surface area contributed by atoms with E-state index >= 15 is 0 Å². The Bertz CT molecular complexity index is 684. The number of aromatic nitrogens is 4. The van der Waals surface area contributed by atoms with Crippen LogP contribution in [0.25, 0.3) is 16.6 Å². The number of nitrogens with zero attached hydrogens (tertiary/aromatic N) is 4. The summed E-state index contributed by atoms with van der Waals surface area (Å²) < 4.78 is 2.09. The van der Waals surface area contributed by atoms with Gasteiger partial charge in [0.05, 0.1) is 5.52 Å². The average molecular weight is 226 g/mol. The number of rotatable bonds is 2.